The van der Waals surface area contributed by atoms with E-state index in [2.05, 4.69) is 33.2 Å². The van der Waals surface area contributed by atoms with Gasteiger partial charge >= 0.3 is 0 Å². The summed E-state index contributed by atoms with van der Waals surface area (Å²) in [5.74, 6) is -0.0358. The highest BCUT2D eigenvalue weighted by atomic mass is 79.9. The average Bonchev–Trinajstić information content (AvgIpc) is 2.51. The van der Waals surface area contributed by atoms with Gasteiger partial charge in [0.05, 0.1) is 11.9 Å². The van der Waals surface area contributed by atoms with Gasteiger partial charge in [0.15, 0.2) is 0 Å². The van der Waals surface area contributed by atoms with Crippen LogP contribution in [0.2, 0.25) is 0 Å². The number of para-hydroxylation sites is 1. The van der Waals surface area contributed by atoms with Gasteiger partial charge in [-0.15, -0.1) is 0 Å². The van der Waals surface area contributed by atoms with E-state index in [1.165, 1.54) is 0 Å². The summed E-state index contributed by atoms with van der Waals surface area (Å²) in [6, 6.07) is 15.6. The fourth-order valence-electron chi connectivity index (χ4n) is 2.76. The summed E-state index contributed by atoms with van der Waals surface area (Å²) < 4.78 is 0.940. The number of pyridine rings is 1. The molecule has 1 aromatic heterocycles. The van der Waals surface area contributed by atoms with Crippen LogP contribution in [0.3, 0.4) is 0 Å². The highest BCUT2D eigenvalue weighted by Crippen LogP contribution is 2.23. The van der Waals surface area contributed by atoms with E-state index in [9.17, 15) is 4.79 Å². The normalized spacial score (nSPS) is 10.7. The van der Waals surface area contributed by atoms with Crippen LogP contribution in [0.15, 0.2) is 53.0 Å². The van der Waals surface area contributed by atoms with Gasteiger partial charge in [-0.1, -0.05) is 40.2 Å². The second kappa shape index (κ2) is 6.50. The SMILES string of the molecule is Cc1nc2ccccc2c(C)c1CC(=O)Nc1cccc(Br)c1. The Morgan fingerprint density at radius 2 is 1.91 bits per heavy atom. The Hall–Kier alpha value is -2.20. The molecule has 0 saturated carbocycles. The number of amides is 1. The molecule has 0 atom stereocenters. The zero-order chi connectivity index (χ0) is 16.4. The predicted octanol–water partition coefficient (Wildman–Crippen LogP) is 4.80. The van der Waals surface area contributed by atoms with Gasteiger partial charge in [-0.2, -0.15) is 0 Å². The minimum Gasteiger partial charge on any atom is -0.326 e. The first-order valence-corrected chi connectivity index (χ1v) is 8.24. The number of carbonyl (C=O) groups excluding carboxylic acids is 1. The van der Waals surface area contributed by atoms with Gasteiger partial charge in [-0.3, -0.25) is 9.78 Å². The predicted molar refractivity (Wildman–Crippen MR) is 97.7 cm³/mol. The molecule has 3 nitrogen and oxygen atoms in total. The lowest BCUT2D eigenvalue weighted by molar-refractivity contribution is -0.115. The lowest BCUT2D eigenvalue weighted by atomic mass is 9.99. The van der Waals surface area contributed by atoms with Crippen molar-refractivity contribution in [3.8, 4) is 0 Å². The van der Waals surface area contributed by atoms with Crippen LogP contribution in [0.4, 0.5) is 5.69 Å². The maximum Gasteiger partial charge on any atom is 0.228 e. The number of anilines is 1. The number of halogens is 1. The third kappa shape index (κ3) is 3.42. The van der Waals surface area contributed by atoms with Crippen LogP contribution in [0, 0.1) is 13.8 Å². The van der Waals surface area contributed by atoms with E-state index in [4.69, 9.17) is 0 Å². The summed E-state index contributed by atoms with van der Waals surface area (Å²) in [6.45, 7) is 4.01. The van der Waals surface area contributed by atoms with E-state index in [-0.39, 0.29) is 5.91 Å². The average molecular weight is 369 g/mol. The van der Waals surface area contributed by atoms with Crippen molar-refractivity contribution in [3.63, 3.8) is 0 Å². The standard InChI is InChI=1S/C19H17BrN2O/c1-12-16-8-3-4-9-18(16)21-13(2)17(12)11-19(23)22-15-7-5-6-14(20)10-15/h3-10H,11H2,1-2H3,(H,22,23). The van der Waals surface area contributed by atoms with Crippen molar-refractivity contribution < 1.29 is 4.79 Å². The summed E-state index contributed by atoms with van der Waals surface area (Å²) in [6.07, 6.45) is 0.321. The number of carbonyl (C=O) groups is 1. The second-order valence-corrected chi connectivity index (χ2v) is 6.47. The van der Waals surface area contributed by atoms with E-state index in [1.54, 1.807) is 0 Å². The number of nitrogens with one attached hydrogen (secondary N) is 1. The van der Waals surface area contributed by atoms with Crippen LogP contribution >= 0.6 is 15.9 Å². The Labute approximate surface area is 143 Å². The molecule has 116 valence electrons. The Bertz CT molecular complexity index is 890. The molecule has 1 N–H and O–H groups in total. The van der Waals surface area contributed by atoms with Crippen LogP contribution in [-0.2, 0) is 11.2 Å². The first kappa shape index (κ1) is 15.7. The Morgan fingerprint density at radius 1 is 1.13 bits per heavy atom. The van der Waals surface area contributed by atoms with Gasteiger partial charge in [0, 0.05) is 21.2 Å². The van der Waals surface area contributed by atoms with Gasteiger partial charge in [0.2, 0.25) is 5.91 Å². The van der Waals surface area contributed by atoms with E-state index in [1.807, 2.05) is 55.5 Å². The molecule has 4 heteroatoms. The van der Waals surface area contributed by atoms with Crippen molar-refractivity contribution in [2.75, 3.05) is 5.32 Å². The van der Waals surface area contributed by atoms with Crippen molar-refractivity contribution in [3.05, 3.63) is 69.8 Å². The van der Waals surface area contributed by atoms with Crippen molar-refractivity contribution >= 4 is 38.4 Å². The fourth-order valence-corrected chi connectivity index (χ4v) is 3.16. The Kier molecular flexibility index (Phi) is 4.44. The molecule has 0 fully saturated rings. The van der Waals surface area contributed by atoms with Crippen molar-refractivity contribution in [2.45, 2.75) is 20.3 Å². The first-order chi connectivity index (χ1) is 11.0. The number of fused-ring (bicyclic) bond motifs is 1. The summed E-state index contributed by atoms with van der Waals surface area (Å²) >= 11 is 3.41. The third-order valence-corrected chi connectivity index (χ3v) is 4.42. The van der Waals surface area contributed by atoms with Gasteiger partial charge < -0.3 is 5.32 Å². The molecule has 23 heavy (non-hydrogen) atoms. The molecule has 0 spiro atoms. The van der Waals surface area contributed by atoms with Gasteiger partial charge in [-0.05, 0) is 49.2 Å². The van der Waals surface area contributed by atoms with Gasteiger partial charge in [-0.25, -0.2) is 0 Å². The zero-order valence-electron chi connectivity index (χ0n) is 13.1. The topological polar surface area (TPSA) is 42.0 Å². The minimum atomic E-state index is -0.0358. The van der Waals surface area contributed by atoms with Gasteiger partial charge in [0.25, 0.3) is 0 Å². The van der Waals surface area contributed by atoms with E-state index in [0.29, 0.717) is 6.42 Å². The Morgan fingerprint density at radius 3 is 2.70 bits per heavy atom. The summed E-state index contributed by atoms with van der Waals surface area (Å²) in [5.41, 5.74) is 4.78. The monoisotopic (exact) mass is 368 g/mol. The third-order valence-electron chi connectivity index (χ3n) is 3.93. The molecule has 0 bridgehead atoms. The van der Waals surface area contributed by atoms with Crippen LogP contribution < -0.4 is 5.32 Å². The number of hydrogen-bond acceptors (Lipinski definition) is 2. The quantitative estimate of drug-likeness (QED) is 0.721. The molecule has 0 aliphatic heterocycles. The number of hydrogen-bond donors (Lipinski definition) is 1. The lowest BCUT2D eigenvalue weighted by Crippen LogP contribution is -2.16. The summed E-state index contributed by atoms with van der Waals surface area (Å²) in [5, 5.41) is 4.04. The molecule has 0 aliphatic carbocycles. The molecule has 0 radical (unpaired) electrons. The fraction of sp³-hybridized carbons (Fsp3) is 0.158. The molecule has 1 heterocycles. The van der Waals surface area contributed by atoms with E-state index in [0.717, 1.165) is 37.9 Å². The smallest absolute Gasteiger partial charge is 0.228 e. The highest BCUT2D eigenvalue weighted by molar-refractivity contribution is 9.10. The minimum absolute atomic E-state index is 0.0358. The molecule has 0 saturated heterocycles. The summed E-state index contributed by atoms with van der Waals surface area (Å²) in [4.78, 5) is 17.0. The van der Waals surface area contributed by atoms with Crippen molar-refractivity contribution in [1.82, 2.24) is 4.98 Å². The molecule has 1 amide bonds. The van der Waals surface area contributed by atoms with Crippen molar-refractivity contribution in [1.29, 1.82) is 0 Å². The van der Waals surface area contributed by atoms with E-state index >= 15 is 0 Å². The number of aryl methyl sites for hydroxylation is 2. The van der Waals surface area contributed by atoms with Crippen LogP contribution in [0.5, 0.6) is 0 Å². The number of nitrogens with zero attached hydrogens (tertiary/aromatic N) is 1. The van der Waals surface area contributed by atoms with Crippen LogP contribution in [-0.4, -0.2) is 10.9 Å². The molecule has 2 aromatic carbocycles. The molecular weight excluding hydrogens is 352 g/mol. The number of benzene rings is 2. The molecule has 3 rings (SSSR count). The molecule has 0 unspecified atom stereocenters. The Balaban J connectivity index is 1.87. The zero-order valence-corrected chi connectivity index (χ0v) is 14.6. The molecule has 3 aromatic rings. The van der Waals surface area contributed by atoms with Crippen LogP contribution in [0.1, 0.15) is 16.8 Å². The van der Waals surface area contributed by atoms with Crippen molar-refractivity contribution in [2.24, 2.45) is 0 Å². The van der Waals surface area contributed by atoms with Crippen LogP contribution in [0.25, 0.3) is 10.9 Å². The maximum atomic E-state index is 12.4. The summed E-state index contributed by atoms with van der Waals surface area (Å²) in [7, 11) is 0. The maximum absolute atomic E-state index is 12.4. The first-order valence-electron chi connectivity index (χ1n) is 7.45. The molecular formula is C19H17BrN2O. The number of rotatable bonds is 3. The molecule has 0 aliphatic rings. The second-order valence-electron chi connectivity index (χ2n) is 5.55. The van der Waals surface area contributed by atoms with Gasteiger partial charge in [0.1, 0.15) is 0 Å². The lowest BCUT2D eigenvalue weighted by Gasteiger charge is -2.13. The van der Waals surface area contributed by atoms with E-state index < -0.39 is 0 Å². The largest absolute Gasteiger partial charge is 0.326 e. The highest BCUT2D eigenvalue weighted by Gasteiger charge is 2.13. The number of aromatic nitrogens is 1.